The van der Waals surface area contributed by atoms with Gasteiger partial charge in [-0.25, -0.2) is 0 Å². The summed E-state index contributed by atoms with van der Waals surface area (Å²) in [6, 6.07) is 8.04. The molecule has 0 unspecified atom stereocenters. The Kier molecular flexibility index (Phi) is 3.50. The van der Waals surface area contributed by atoms with Crippen LogP contribution in [0.4, 0.5) is 0 Å². The molecule has 19 heavy (non-hydrogen) atoms. The van der Waals surface area contributed by atoms with Crippen molar-refractivity contribution in [3.05, 3.63) is 35.2 Å². The average Bonchev–Trinajstić information content (AvgIpc) is 2.75. The fraction of sp³-hybridized carbons (Fsp3) is 0.385. The van der Waals surface area contributed by atoms with Gasteiger partial charge in [0.2, 0.25) is 11.7 Å². The molecular weight excluding hydrogens is 264 g/mol. The third kappa shape index (κ3) is 2.63. The molecule has 0 radical (unpaired) electrons. The number of aromatic nitrogens is 2. The Morgan fingerprint density at radius 3 is 2.89 bits per heavy atom. The highest BCUT2D eigenvalue weighted by Gasteiger charge is 2.23. The summed E-state index contributed by atoms with van der Waals surface area (Å²) in [5, 5.41) is 7.86. The van der Waals surface area contributed by atoms with Crippen molar-refractivity contribution in [1.29, 1.82) is 0 Å². The minimum Gasteiger partial charge on any atom is -0.338 e. The van der Waals surface area contributed by atoms with Crippen LogP contribution in [0.5, 0.6) is 0 Å². The number of hydrogen-bond acceptors (Lipinski definition) is 5. The minimum absolute atomic E-state index is 0.542. The zero-order valence-corrected chi connectivity index (χ0v) is 11.4. The lowest BCUT2D eigenvalue weighted by molar-refractivity contribution is 0.155. The van der Waals surface area contributed by atoms with E-state index in [2.05, 4.69) is 27.4 Å². The van der Waals surface area contributed by atoms with Gasteiger partial charge in [0.25, 0.3) is 0 Å². The molecule has 5 nitrogen and oxygen atoms in total. The molecule has 1 aliphatic heterocycles. The number of likely N-dealkylation sites (N-methyl/N-ethyl adjacent to an activating group) is 1. The van der Waals surface area contributed by atoms with Gasteiger partial charge in [-0.2, -0.15) is 4.98 Å². The van der Waals surface area contributed by atoms with Crippen molar-refractivity contribution in [2.75, 3.05) is 20.1 Å². The lowest BCUT2D eigenvalue weighted by Gasteiger charge is -2.34. The van der Waals surface area contributed by atoms with E-state index in [1.807, 2.05) is 24.3 Å². The van der Waals surface area contributed by atoms with Crippen molar-refractivity contribution < 1.29 is 4.52 Å². The van der Waals surface area contributed by atoms with Crippen molar-refractivity contribution in [1.82, 2.24) is 20.4 Å². The summed E-state index contributed by atoms with van der Waals surface area (Å²) in [6.45, 7) is 2.69. The van der Waals surface area contributed by atoms with Crippen LogP contribution in [0.3, 0.4) is 0 Å². The van der Waals surface area contributed by atoms with Gasteiger partial charge in [0, 0.05) is 24.7 Å². The van der Waals surface area contributed by atoms with Crippen LogP contribution in [0.15, 0.2) is 28.8 Å². The van der Waals surface area contributed by atoms with E-state index in [4.69, 9.17) is 16.1 Å². The maximum atomic E-state index is 6.12. The highest BCUT2D eigenvalue weighted by molar-refractivity contribution is 6.33. The summed E-state index contributed by atoms with van der Waals surface area (Å²) in [4.78, 5) is 6.61. The molecule has 0 amide bonds. The molecule has 2 aromatic rings. The number of hydrogen-bond donors (Lipinski definition) is 1. The van der Waals surface area contributed by atoms with E-state index < -0.39 is 0 Å². The lowest BCUT2D eigenvalue weighted by Crippen LogP contribution is -2.55. The predicted octanol–water partition coefficient (Wildman–Crippen LogP) is 1.79. The van der Waals surface area contributed by atoms with Crippen molar-refractivity contribution in [3.8, 4) is 11.4 Å². The fourth-order valence-electron chi connectivity index (χ4n) is 2.00. The van der Waals surface area contributed by atoms with E-state index in [-0.39, 0.29) is 0 Å². The first-order valence-corrected chi connectivity index (χ1v) is 6.60. The maximum absolute atomic E-state index is 6.12. The molecule has 0 bridgehead atoms. The number of nitrogens with zero attached hydrogens (tertiary/aromatic N) is 3. The molecule has 0 saturated carbocycles. The monoisotopic (exact) mass is 278 g/mol. The Morgan fingerprint density at radius 1 is 1.42 bits per heavy atom. The molecule has 3 rings (SSSR count). The zero-order chi connectivity index (χ0) is 13.2. The van der Waals surface area contributed by atoms with Gasteiger partial charge in [0.1, 0.15) is 0 Å². The van der Waals surface area contributed by atoms with Crippen LogP contribution in [0, 0.1) is 0 Å². The SMILES string of the molecule is CN(Cc1nc(-c2ccccc2Cl)no1)C1CNC1. The molecule has 1 aromatic heterocycles. The van der Waals surface area contributed by atoms with Gasteiger partial charge in [-0.1, -0.05) is 28.9 Å². The van der Waals surface area contributed by atoms with Crippen LogP contribution in [-0.4, -0.2) is 41.2 Å². The van der Waals surface area contributed by atoms with E-state index in [0.29, 0.717) is 29.3 Å². The second-order valence-corrected chi connectivity index (χ2v) is 5.13. The van der Waals surface area contributed by atoms with E-state index in [0.717, 1.165) is 18.7 Å². The number of nitrogens with one attached hydrogen (secondary N) is 1. The molecule has 0 atom stereocenters. The first-order valence-electron chi connectivity index (χ1n) is 6.22. The Hall–Kier alpha value is -1.43. The highest BCUT2D eigenvalue weighted by Crippen LogP contribution is 2.25. The van der Waals surface area contributed by atoms with Gasteiger partial charge >= 0.3 is 0 Å². The molecule has 1 N–H and O–H groups in total. The lowest BCUT2D eigenvalue weighted by atomic mass is 10.1. The zero-order valence-electron chi connectivity index (χ0n) is 10.6. The summed E-state index contributed by atoms with van der Waals surface area (Å²) >= 11 is 6.12. The van der Waals surface area contributed by atoms with E-state index in [1.165, 1.54) is 0 Å². The Labute approximate surface area is 116 Å². The van der Waals surface area contributed by atoms with Crippen LogP contribution >= 0.6 is 11.6 Å². The largest absolute Gasteiger partial charge is 0.338 e. The number of halogens is 1. The molecule has 100 valence electrons. The van der Waals surface area contributed by atoms with Crippen LogP contribution < -0.4 is 5.32 Å². The van der Waals surface area contributed by atoms with Crippen LogP contribution in [-0.2, 0) is 6.54 Å². The van der Waals surface area contributed by atoms with Gasteiger partial charge in [-0.15, -0.1) is 0 Å². The van der Waals surface area contributed by atoms with Crippen molar-refractivity contribution in [2.45, 2.75) is 12.6 Å². The van der Waals surface area contributed by atoms with E-state index >= 15 is 0 Å². The first-order chi connectivity index (χ1) is 9.24. The third-order valence-electron chi connectivity index (χ3n) is 3.35. The first kappa shape index (κ1) is 12.6. The summed E-state index contributed by atoms with van der Waals surface area (Å²) in [5.74, 6) is 1.16. The molecule has 1 aromatic carbocycles. The third-order valence-corrected chi connectivity index (χ3v) is 3.68. The van der Waals surface area contributed by atoms with Crippen molar-refractivity contribution in [3.63, 3.8) is 0 Å². The molecule has 1 fully saturated rings. The van der Waals surface area contributed by atoms with Crippen molar-refractivity contribution >= 4 is 11.6 Å². The molecule has 2 heterocycles. The van der Waals surface area contributed by atoms with Gasteiger partial charge < -0.3 is 9.84 Å². The minimum atomic E-state index is 0.542. The fourth-order valence-corrected chi connectivity index (χ4v) is 2.22. The Morgan fingerprint density at radius 2 is 2.21 bits per heavy atom. The predicted molar refractivity (Wildman–Crippen MR) is 72.9 cm³/mol. The van der Waals surface area contributed by atoms with Gasteiger partial charge in [-0.3, -0.25) is 4.90 Å². The molecule has 1 saturated heterocycles. The summed E-state index contributed by atoms with van der Waals surface area (Å²) < 4.78 is 5.28. The topological polar surface area (TPSA) is 54.2 Å². The molecule has 0 aliphatic carbocycles. The second-order valence-electron chi connectivity index (χ2n) is 4.72. The van der Waals surface area contributed by atoms with Crippen LogP contribution in [0.1, 0.15) is 5.89 Å². The van der Waals surface area contributed by atoms with E-state index in [1.54, 1.807) is 0 Å². The van der Waals surface area contributed by atoms with Gasteiger partial charge in [0.15, 0.2) is 0 Å². The second kappa shape index (κ2) is 5.28. The normalized spacial score (nSPS) is 15.7. The number of rotatable bonds is 4. The number of benzene rings is 1. The van der Waals surface area contributed by atoms with Gasteiger partial charge in [0.05, 0.1) is 11.6 Å². The smallest absolute Gasteiger partial charge is 0.241 e. The Bertz CT molecular complexity index is 567. The molecule has 1 aliphatic rings. The Balaban J connectivity index is 1.74. The summed E-state index contributed by atoms with van der Waals surface area (Å²) in [7, 11) is 2.06. The maximum Gasteiger partial charge on any atom is 0.241 e. The quantitative estimate of drug-likeness (QED) is 0.924. The summed E-state index contributed by atoms with van der Waals surface area (Å²) in [5.41, 5.74) is 0.798. The van der Waals surface area contributed by atoms with E-state index in [9.17, 15) is 0 Å². The van der Waals surface area contributed by atoms with Crippen LogP contribution in [0.2, 0.25) is 5.02 Å². The van der Waals surface area contributed by atoms with Crippen molar-refractivity contribution in [2.24, 2.45) is 0 Å². The average molecular weight is 279 g/mol. The molecular formula is C13H15ClN4O. The summed E-state index contributed by atoms with van der Waals surface area (Å²) in [6.07, 6.45) is 0. The van der Waals surface area contributed by atoms with Gasteiger partial charge in [-0.05, 0) is 19.2 Å². The molecule has 6 heteroatoms. The van der Waals surface area contributed by atoms with Crippen LogP contribution in [0.25, 0.3) is 11.4 Å². The highest BCUT2D eigenvalue weighted by atomic mass is 35.5. The standard InChI is InChI=1S/C13H15ClN4O/c1-18(9-6-15-7-9)8-12-16-13(17-19-12)10-4-2-3-5-11(10)14/h2-5,9,15H,6-8H2,1H3. The molecule has 0 spiro atoms.